The second kappa shape index (κ2) is 7.90. The van der Waals surface area contributed by atoms with E-state index in [0.717, 1.165) is 39.4 Å². The van der Waals surface area contributed by atoms with Gasteiger partial charge in [0.1, 0.15) is 23.7 Å². The molecule has 1 atom stereocenters. The molecule has 1 N–H and O–H groups in total. The number of aryl methyl sites for hydroxylation is 1. The first-order chi connectivity index (χ1) is 15.1. The maximum Gasteiger partial charge on any atom is 0.326 e. The zero-order chi connectivity index (χ0) is 21.4. The summed E-state index contributed by atoms with van der Waals surface area (Å²) in [6, 6.07) is 9.06. The van der Waals surface area contributed by atoms with E-state index in [1.165, 1.54) is 11.3 Å². The Morgan fingerprint density at radius 1 is 1.23 bits per heavy atom. The lowest BCUT2D eigenvalue weighted by Gasteiger charge is -2.33. The number of carbonyl (C=O) groups excluding carboxylic acids is 3. The number of rotatable bonds is 5. The number of amides is 3. The molecule has 7 nitrogen and oxygen atoms in total. The third-order valence-electron chi connectivity index (χ3n) is 5.64. The topological polar surface area (TPSA) is 88.6 Å². The third kappa shape index (κ3) is 3.53. The summed E-state index contributed by atoms with van der Waals surface area (Å²) in [5, 5.41) is 9.52. The minimum absolute atomic E-state index is 0.00288. The Morgan fingerprint density at radius 3 is 2.94 bits per heavy atom. The Morgan fingerprint density at radius 2 is 2.10 bits per heavy atom. The number of aromatic nitrogens is 1. The fraction of sp³-hybridized carbons (Fsp3) is 0.273. The number of benzene rings is 1. The van der Waals surface area contributed by atoms with Crippen LogP contribution < -0.4 is 5.32 Å². The highest BCUT2D eigenvalue weighted by Gasteiger charge is 2.54. The Balaban J connectivity index is 1.25. The van der Waals surface area contributed by atoms with E-state index >= 15 is 0 Å². The fourth-order valence-electron chi connectivity index (χ4n) is 4.18. The molecule has 1 spiro atoms. The molecule has 9 heteroatoms. The van der Waals surface area contributed by atoms with Gasteiger partial charge >= 0.3 is 12.0 Å². The van der Waals surface area contributed by atoms with E-state index in [-0.39, 0.29) is 6.61 Å². The van der Waals surface area contributed by atoms with Crippen LogP contribution in [-0.2, 0) is 32.9 Å². The second-order valence-electron chi connectivity index (χ2n) is 7.55. The van der Waals surface area contributed by atoms with Crippen LogP contribution >= 0.6 is 22.7 Å². The number of thiophene rings is 1. The molecule has 2 aliphatic rings. The number of fused-ring (bicyclic) bond motifs is 2. The number of nitrogens with one attached hydrogen (secondary N) is 1. The molecule has 3 aromatic rings. The molecule has 3 heterocycles. The van der Waals surface area contributed by atoms with Crippen molar-refractivity contribution in [3.63, 3.8) is 0 Å². The Labute approximate surface area is 186 Å². The number of hydrogen-bond donors (Lipinski definition) is 1. The average molecular weight is 454 g/mol. The number of carbonyl (C=O) groups is 3. The second-order valence-corrected chi connectivity index (χ2v) is 9.19. The van der Waals surface area contributed by atoms with Gasteiger partial charge in [-0.05, 0) is 41.8 Å². The lowest BCUT2D eigenvalue weighted by molar-refractivity contribution is -0.149. The number of urea groups is 1. The first kappa shape index (κ1) is 19.9. The summed E-state index contributed by atoms with van der Waals surface area (Å²) >= 11 is 3.07. The van der Waals surface area contributed by atoms with E-state index in [0.29, 0.717) is 12.1 Å². The highest BCUT2D eigenvalue weighted by molar-refractivity contribution is 7.14. The van der Waals surface area contributed by atoms with Crippen molar-refractivity contribution in [3.8, 4) is 10.6 Å². The van der Waals surface area contributed by atoms with E-state index in [4.69, 9.17) is 4.74 Å². The van der Waals surface area contributed by atoms with Crippen molar-refractivity contribution in [1.82, 2.24) is 15.2 Å². The monoisotopic (exact) mass is 453 g/mol. The zero-order valence-corrected chi connectivity index (χ0v) is 18.1. The van der Waals surface area contributed by atoms with Crippen LogP contribution in [0.2, 0.25) is 0 Å². The predicted octanol–water partition coefficient (Wildman–Crippen LogP) is 3.70. The number of esters is 1. The molecule has 2 aromatic heterocycles. The molecule has 0 bridgehead atoms. The molecule has 3 amide bonds. The van der Waals surface area contributed by atoms with Crippen molar-refractivity contribution in [2.24, 2.45) is 0 Å². The summed E-state index contributed by atoms with van der Waals surface area (Å²) in [4.78, 5) is 43.6. The van der Waals surface area contributed by atoms with Gasteiger partial charge in [0, 0.05) is 16.3 Å². The highest BCUT2D eigenvalue weighted by atomic mass is 32.1. The minimum Gasteiger partial charge on any atom is -0.458 e. The summed E-state index contributed by atoms with van der Waals surface area (Å²) < 4.78 is 5.30. The molecule has 158 valence electrons. The molecule has 1 aliphatic heterocycles. The summed E-state index contributed by atoms with van der Waals surface area (Å²) in [7, 11) is 0. The largest absolute Gasteiger partial charge is 0.458 e. The number of hydrogen-bond acceptors (Lipinski definition) is 7. The van der Waals surface area contributed by atoms with Crippen LogP contribution in [0.15, 0.2) is 46.5 Å². The average Bonchev–Trinajstić information content (AvgIpc) is 3.51. The van der Waals surface area contributed by atoms with Crippen molar-refractivity contribution >= 4 is 40.6 Å². The molecule has 1 aliphatic carbocycles. The van der Waals surface area contributed by atoms with Crippen LogP contribution in [0.1, 0.15) is 29.7 Å². The lowest BCUT2D eigenvalue weighted by atomic mass is 9.76. The number of nitrogens with zero attached hydrogens (tertiary/aromatic N) is 2. The lowest BCUT2D eigenvalue weighted by Crippen LogP contribution is -2.46. The standard InChI is InChI=1S/C22H19N3O4S2/c26-18(29-11-16-13-31-19(23-16)15-7-9-30-12-15)10-25-20(27)22(24-21(25)28)8-3-5-14-4-1-2-6-17(14)22/h1-2,4,6-7,9,12-13H,3,5,8,10-11H2,(H,24,28). The van der Waals surface area contributed by atoms with Crippen LogP contribution in [0.25, 0.3) is 10.6 Å². The molecule has 1 saturated heterocycles. The Hall–Kier alpha value is -3.04. The van der Waals surface area contributed by atoms with Crippen molar-refractivity contribution in [1.29, 1.82) is 0 Å². The van der Waals surface area contributed by atoms with E-state index < -0.39 is 30.0 Å². The van der Waals surface area contributed by atoms with Crippen LogP contribution in [-0.4, -0.2) is 34.3 Å². The summed E-state index contributed by atoms with van der Waals surface area (Å²) in [5.41, 5.74) is 2.45. The number of imide groups is 1. The van der Waals surface area contributed by atoms with E-state index in [1.54, 1.807) is 11.3 Å². The summed E-state index contributed by atoms with van der Waals surface area (Å²) in [6.07, 6.45) is 2.17. The maximum atomic E-state index is 13.2. The Kier molecular flexibility index (Phi) is 5.07. The van der Waals surface area contributed by atoms with Crippen LogP contribution in [0.3, 0.4) is 0 Å². The van der Waals surface area contributed by atoms with Gasteiger partial charge in [-0.2, -0.15) is 11.3 Å². The van der Waals surface area contributed by atoms with Crippen LogP contribution in [0.4, 0.5) is 4.79 Å². The van der Waals surface area contributed by atoms with Gasteiger partial charge in [0.25, 0.3) is 5.91 Å². The van der Waals surface area contributed by atoms with Crippen LogP contribution in [0.5, 0.6) is 0 Å². The maximum absolute atomic E-state index is 13.2. The normalized spacial score (nSPS) is 20.1. The van der Waals surface area contributed by atoms with Gasteiger partial charge in [-0.25, -0.2) is 9.78 Å². The Bertz CT molecular complexity index is 1160. The third-order valence-corrected chi connectivity index (χ3v) is 7.26. The molecular weight excluding hydrogens is 434 g/mol. The van der Waals surface area contributed by atoms with E-state index in [1.807, 2.05) is 46.5 Å². The molecule has 0 saturated carbocycles. The van der Waals surface area contributed by atoms with Gasteiger partial charge in [0.05, 0.1) is 5.69 Å². The molecule has 1 aromatic carbocycles. The number of ether oxygens (including phenoxy) is 1. The van der Waals surface area contributed by atoms with E-state index in [2.05, 4.69) is 10.3 Å². The van der Waals surface area contributed by atoms with Crippen molar-refractivity contribution < 1.29 is 19.1 Å². The van der Waals surface area contributed by atoms with Gasteiger partial charge in [0.15, 0.2) is 0 Å². The van der Waals surface area contributed by atoms with Gasteiger partial charge in [-0.1, -0.05) is 24.3 Å². The van der Waals surface area contributed by atoms with Crippen LogP contribution in [0, 0.1) is 0 Å². The van der Waals surface area contributed by atoms with Gasteiger partial charge in [-0.3, -0.25) is 14.5 Å². The van der Waals surface area contributed by atoms with Crippen molar-refractivity contribution in [2.75, 3.05) is 6.54 Å². The SMILES string of the molecule is O=C(CN1C(=O)NC2(CCCc3ccccc32)C1=O)OCc1csc(-c2ccsc2)n1. The van der Waals surface area contributed by atoms with E-state index in [9.17, 15) is 14.4 Å². The summed E-state index contributed by atoms with van der Waals surface area (Å²) in [5.74, 6) is -1.04. The molecular formula is C22H19N3O4S2. The van der Waals surface area contributed by atoms with Gasteiger partial charge < -0.3 is 10.1 Å². The first-order valence-electron chi connectivity index (χ1n) is 9.92. The molecule has 1 unspecified atom stereocenters. The fourth-order valence-corrected chi connectivity index (χ4v) is 5.69. The number of thiazole rings is 1. The smallest absolute Gasteiger partial charge is 0.326 e. The predicted molar refractivity (Wildman–Crippen MR) is 117 cm³/mol. The van der Waals surface area contributed by atoms with Gasteiger partial charge in [-0.15, -0.1) is 11.3 Å². The van der Waals surface area contributed by atoms with Crippen molar-refractivity contribution in [3.05, 3.63) is 63.3 Å². The van der Waals surface area contributed by atoms with Gasteiger partial charge in [0.2, 0.25) is 0 Å². The summed E-state index contributed by atoms with van der Waals surface area (Å²) in [6.45, 7) is -0.423. The first-order valence-corrected chi connectivity index (χ1v) is 11.7. The highest BCUT2D eigenvalue weighted by Crippen LogP contribution is 2.39. The molecule has 31 heavy (non-hydrogen) atoms. The molecule has 0 radical (unpaired) electrons. The minimum atomic E-state index is -1.09. The quantitative estimate of drug-likeness (QED) is 0.470. The zero-order valence-electron chi connectivity index (χ0n) is 16.5. The molecule has 5 rings (SSSR count). The van der Waals surface area contributed by atoms with Crippen molar-refractivity contribution in [2.45, 2.75) is 31.4 Å². The molecule has 1 fully saturated rings.